The van der Waals surface area contributed by atoms with E-state index in [0.29, 0.717) is 5.95 Å². The molecule has 0 spiro atoms. The molecule has 1 aromatic heterocycles. The van der Waals surface area contributed by atoms with E-state index in [2.05, 4.69) is 32.9 Å². The lowest BCUT2D eigenvalue weighted by molar-refractivity contribution is 0.840. The van der Waals surface area contributed by atoms with Crippen LogP contribution < -0.4 is 10.6 Å². The number of aromatic nitrogens is 2. The molecule has 0 atom stereocenters. The summed E-state index contributed by atoms with van der Waals surface area (Å²) in [7, 11) is 1.84. The molecule has 102 valence electrons. The Hall–Kier alpha value is -1.49. The van der Waals surface area contributed by atoms with Crippen molar-refractivity contribution in [1.82, 2.24) is 9.97 Å². The largest absolute Gasteiger partial charge is 0.369 e. The molecule has 19 heavy (non-hydrogen) atoms. The van der Waals surface area contributed by atoms with Crippen LogP contribution in [0.1, 0.15) is 12.8 Å². The van der Waals surface area contributed by atoms with Gasteiger partial charge in [-0.2, -0.15) is 16.7 Å². The van der Waals surface area contributed by atoms with Crippen molar-refractivity contribution in [2.45, 2.75) is 12.8 Å². The fraction of sp³-hybridized carbons (Fsp3) is 0.429. The molecule has 0 saturated heterocycles. The lowest BCUT2D eigenvalue weighted by atomic mass is 10.2. The van der Waals surface area contributed by atoms with E-state index < -0.39 is 0 Å². The van der Waals surface area contributed by atoms with Crippen molar-refractivity contribution in [3.05, 3.63) is 24.3 Å². The van der Waals surface area contributed by atoms with Crippen molar-refractivity contribution in [3.8, 4) is 0 Å². The summed E-state index contributed by atoms with van der Waals surface area (Å²) in [5.41, 5.74) is 0.966. The quantitative estimate of drug-likeness (QED) is 0.760. The summed E-state index contributed by atoms with van der Waals surface area (Å²) in [6.45, 7) is 0.949. The second-order valence-corrected chi connectivity index (χ2v) is 5.28. The van der Waals surface area contributed by atoms with Gasteiger partial charge in [-0.1, -0.05) is 12.1 Å². The van der Waals surface area contributed by atoms with E-state index in [-0.39, 0.29) is 0 Å². The minimum atomic E-state index is 0.658. The Morgan fingerprint density at radius 3 is 2.79 bits per heavy atom. The molecule has 0 bridgehead atoms. The van der Waals surface area contributed by atoms with Crippen LogP contribution in [0.15, 0.2) is 24.3 Å². The average molecular weight is 276 g/mol. The number of hydrogen-bond donors (Lipinski definition) is 2. The molecule has 0 amide bonds. The van der Waals surface area contributed by atoms with Gasteiger partial charge in [0.15, 0.2) is 0 Å². The summed E-state index contributed by atoms with van der Waals surface area (Å²) in [5, 5.41) is 7.50. The fourth-order valence-corrected chi connectivity index (χ4v) is 2.39. The zero-order valence-electron chi connectivity index (χ0n) is 11.4. The zero-order chi connectivity index (χ0) is 13.5. The van der Waals surface area contributed by atoms with E-state index in [0.717, 1.165) is 29.7 Å². The first-order valence-corrected chi connectivity index (χ1v) is 7.92. The highest BCUT2D eigenvalue weighted by Crippen LogP contribution is 2.21. The Morgan fingerprint density at radius 1 is 1.16 bits per heavy atom. The van der Waals surface area contributed by atoms with Crippen LogP contribution in [0.4, 0.5) is 11.8 Å². The van der Waals surface area contributed by atoms with Crippen LogP contribution in [0.5, 0.6) is 0 Å². The predicted octanol–water partition coefficient (Wildman–Crippen LogP) is 3.23. The SMILES string of the molecule is CNc1nc(NCCCCSC)c2ccccc2n1. The third kappa shape index (κ3) is 3.73. The Morgan fingerprint density at radius 2 is 2.00 bits per heavy atom. The van der Waals surface area contributed by atoms with Gasteiger partial charge >= 0.3 is 0 Å². The molecular formula is C14H20N4S. The fourth-order valence-electron chi connectivity index (χ4n) is 1.90. The van der Waals surface area contributed by atoms with Gasteiger partial charge in [0, 0.05) is 19.0 Å². The van der Waals surface area contributed by atoms with Crippen LogP contribution in [0, 0.1) is 0 Å². The number of nitrogens with one attached hydrogen (secondary N) is 2. The summed E-state index contributed by atoms with van der Waals surface area (Å²) in [4.78, 5) is 8.95. The van der Waals surface area contributed by atoms with Crippen molar-refractivity contribution in [2.24, 2.45) is 0 Å². The van der Waals surface area contributed by atoms with Gasteiger partial charge in [0.1, 0.15) is 5.82 Å². The second-order valence-electron chi connectivity index (χ2n) is 4.29. The highest BCUT2D eigenvalue weighted by atomic mass is 32.2. The van der Waals surface area contributed by atoms with Gasteiger partial charge in [-0.25, -0.2) is 4.98 Å². The number of benzene rings is 1. The number of nitrogens with zero attached hydrogens (tertiary/aromatic N) is 2. The van der Waals surface area contributed by atoms with E-state index in [1.807, 2.05) is 37.0 Å². The predicted molar refractivity (Wildman–Crippen MR) is 85.2 cm³/mol. The zero-order valence-corrected chi connectivity index (χ0v) is 12.3. The topological polar surface area (TPSA) is 49.8 Å². The minimum absolute atomic E-state index is 0.658. The number of fused-ring (bicyclic) bond motifs is 1. The second kappa shape index (κ2) is 7.19. The van der Waals surface area contributed by atoms with Crippen LogP contribution in [-0.2, 0) is 0 Å². The summed E-state index contributed by atoms with van der Waals surface area (Å²) >= 11 is 1.89. The normalized spacial score (nSPS) is 10.6. The van der Waals surface area contributed by atoms with Crippen molar-refractivity contribution in [2.75, 3.05) is 36.2 Å². The first-order chi connectivity index (χ1) is 9.35. The van der Waals surface area contributed by atoms with E-state index in [1.54, 1.807) is 0 Å². The van der Waals surface area contributed by atoms with E-state index in [1.165, 1.54) is 12.2 Å². The van der Waals surface area contributed by atoms with Gasteiger partial charge in [0.25, 0.3) is 0 Å². The lowest BCUT2D eigenvalue weighted by Crippen LogP contribution is -2.07. The van der Waals surface area contributed by atoms with Gasteiger partial charge in [-0.05, 0) is 37.0 Å². The molecule has 5 heteroatoms. The van der Waals surface area contributed by atoms with Crippen LogP contribution in [0.2, 0.25) is 0 Å². The molecule has 0 aliphatic heterocycles. The monoisotopic (exact) mass is 276 g/mol. The van der Waals surface area contributed by atoms with Crippen LogP contribution in [0.25, 0.3) is 10.9 Å². The van der Waals surface area contributed by atoms with Crippen molar-refractivity contribution >= 4 is 34.4 Å². The average Bonchev–Trinajstić information content (AvgIpc) is 2.46. The molecule has 2 rings (SSSR count). The summed E-state index contributed by atoms with van der Waals surface area (Å²) in [6, 6.07) is 8.08. The molecule has 2 N–H and O–H groups in total. The Labute approximate surface area is 118 Å². The summed E-state index contributed by atoms with van der Waals surface area (Å²) < 4.78 is 0. The molecule has 0 unspecified atom stereocenters. The van der Waals surface area contributed by atoms with Crippen molar-refractivity contribution in [3.63, 3.8) is 0 Å². The van der Waals surface area contributed by atoms with Crippen LogP contribution in [-0.4, -0.2) is 35.6 Å². The number of anilines is 2. The maximum absolute atomic E-state index is 4.50. The molecule has 0 aliphatic carbocycles. The van der Waals surface area contributed by atoms with Gasteiger partial charge in [0.2, 0.25) is 5.95 Å². The first-order valence-electron chi connectivity index (χ1n) is 6.52. The standard InChI is InChI=1S/C14H20N4S/c1-15-14-17-12-8-4-3-7-11(12)13(18-14)16-9-5-6-10-19-2/h3-4,7-8H,5-6,9-10H2,1-2H3,(H2,15,16,17,18). The van der Waals surface area contributed by atoms with E-state index >= 15 is 0 Å². The van der Waals surface area contributed by atoms with Gasteiger partial charge in [-0.15, -0.1) is 0 Å². The molecule has 1 aromatic carbocycles. The maximum atomic E-state index is 4.50. The highest BCUT2D eigenvalue weighted by molar-refractivity contribution is 7.98. The van der Waals surface area contributed by atoms with Gasteiger partial charge in [-0.3, -0.25) is 0 Å². The third-order valence-electron chi connectivity index (χ3n) is 2.89. The highest BCUT2D eigenvalue weighted by Gasteiger charge is 2.05. The molecule has 2 aromatic rings. The van der Waals surface area contributed by atoms with E-state index in [4.69, 9.17) is 0 Å². The van der Waals surface area contributed by atoms with Crippen molar-refractivity contribution < 1.29 is 0 Å². The molecule has 4 nitrogen and oxygen atoms in total. The number of hydrogen-bond acceptors (Lipinski definition) is 5. The molecular weight excluding hydrogens is 256 g/mol. The molecule has 0 aliphatic rings. The smallest absolute Gasteiger partial charge is 0.224 e. The maximum Gasteiger partial charge on any atom is 0.224 e. The Balaban J connectivity index is 2.11. The summed E-state index contributed by atoms with van der Waals surface area (Å²) in [6.07, 6.45) is 4.54. The van der Waals surface area contributed by atoms with Gasteiger partial charge in [0.05, 0.1) is 5.52 Å². The summed E-state index contributed by atoms with van der Waals surface area (Å²) in [5.74, 6) is 2.79. The molecule has 0 radical (unpaired) electrons. The number of rotatable bonds is 7. The van der Waals surface area contributed by atoms with Gasteiger partial charge < -0.3 is 10.6 Å². The van der Waals surface area contributed by atoms with Crippen LogP contribution >= 0.6 is 11.8 Å². The number of unbranched alkanes of at least 4 members (excludes halogenated alkanes) is 1. The Bertz CT molecular complexity index is 530. The first kappa shape index (κ1) is 13.9. The Kier molecular flexibility index (Phi) is 5.27. The van der Waals surface area contributed by atoms with Crippen molar-refractivity contribution in [1.29, 1.82) is 0 Å². The lowest BCUT2D eigenvalue weighted by Gasteiger charge is -2.10. The third-order valence-corrected chi connectivity index (χ3v) is 3.59. The molecule has 0 saturated carbocycles. The molecule has 0 fully saturated rings. The van der Waals surface area contributed by atoms with E-state index in [9.17, 15) is 0 Å². The van der Waals surface area contributed by atoms with Crippen LogP contribution in [0.3, 0.4) is 0 Å². The molecule has 1 heterocycles. The minimum Gasteiger partial charge on any atom is -0.369 e. The number of para-hydroxylation sites is 1. The number of thioether (sulfide) groups is 1.